The van der Waals surface area contributed by atoms with Gasteiger partial charge in [-0.3, -0.25) is 4.79 Å². The van der Waals surface area contributed by atoms with Crippen LogP contribution >= 0.6 is 0 Å². The van der Waals surface area contributed by atoms with Crippen molar-refractivity contribution >= 4 is 11.0 Å². The SMILES string of the molecule is CCc1nn(C(CCCc2ccccc2)C(C)O)c2nc(Cc3ccc(OC)c(OC)c3)[nH]c(=O)c12. The van der Waals surface area contributed by atoms with E-state index >= 15 is 0 Å². The van der Waals surface area contributed by atoms with Gasteiger partial charge in [-0.15, -0.1) is 0 Å². The maximum atomic E-state index is 13.1. The number of nitrogens with one attached hydrogen (secondary N) is 1. The Labute approximate surface area is 210 Å². The quantitative estimate of drug-likeness (QED) is 0.326. The van der Waals surface area contributed by atoms with Gasteiger partial charge >= 0.3 is 0 Å². The molecule has 0 saturated heterocycles. The van der Waals surface area contributed by atoms with Crippen LogP contribution < -0.4 is 15.0 Å². The predicted molar refractivity (Wildman–Crippen MR) is 140 cm³/mol. The number of hydrogen-bond acceptors (Lipinski definition) is 6. The first-order valence-corrected chi connectivity index (χ1v) is 12.4. The number of aromatic amines is 1. The van der Waals surface area contributed by atoms with E-state index in [1.807, 2.05) is 43.3 Å². The van der Waals surface area contributed by atoms with Gasteiger partial charge in [-0.05, 0) is 55.9 Å². The molecule has 4 aromatic rings. The van der Waals surface area contributed by atoms with Crippen LogP contribution in [0.3, 0.4) is 0 Å². The number of fused-ring (bicyclic) bond motifs is 1. The zero-order valence-electron chi connectivity index (χ0n) is 21.3. The first-order valence-electron chi connectivity index (χ1n) is 12.4. The number of benzene rings is 2. The summed E-state index contributed by atoms with van der Waals surface area (Å²) in [5.74, 6) is 1.78. The normalized spacial score (nSPS) is 13.0. The van der Waals surface area contributed by atoms with Gasteiger partial charge < -0.3 is 19.6 Å². The van der Waals surface area contributed by atoms with Gasteiger partial charge in [-0.25, -0.2) is 9.67 Å². The summed E-state index contributed by atoms with van der Waals surface area (Å²) in [6, 6.07) is 15.6. The van der Waals surface area contributed by atoms with Gasteiger partial charge in [0.15, 0.2) is 17.1 Å². The van der Waals surface area contributed by atoms with Gasteiger partial charge in [0.1, 0.15) is 11.2 Å². The van der Waals surface area contributed by atoms with Crippen LogP contribution in [0.5, 0.6) is 11.5 Å². The highest BCUT2D eigenvalue weighted by molar-refractivity contribution is 5.77. The molecule has 4 rings (SSSR count). The van der Waals surface area contributed by atoms with E-state index in [0.29, 0.717) is 53.3 Å². The minimum Gasteiger partial charge on any atom is -0.493 e. The number of aliphatic hydroxyl groups is 1. The topological polar surface area (TPSA) is 102 Å². The Hall–Kier alpha value is -3.65. The average molecular weight is 491 g/mol. The fourth-order valence-corrected chi connectivity index (χ4v) is 4.63. The number of hydrogen-bond donors (Lipinski definition) is 2. The van der Waals surface area contributed by atoms with Crippen LogP contribution in [0.25, 0.3) is 11.0 Å². The van der Waals surface area contributed by atoms with E-state index in [2.05, 4.69) is 17.1 Å². The van der Waals surface area contributed by atoms with Crippen molar-refractivity contribution in [1.82, 2.24) is 19.7 Å². The third-order valence-corrected chi connectivity index (χ3v) is 6.52. The molecule has 0 fully saturated rings. The average Bonchev–Trinajstić information content (AvgIpc) is 3.25. The lowest BCUT2D eigenvalue weighted by Gasteiger charge is -2.21. The minimum atomic E-state index is -0.649. The zero-order valence-corrected chi connectivity index (χ0v) is 21.3. The smallest absolute Gasteiger partial charge is 0.262 e. The Morgan fingerprint density at radius 2 is 1.81 bits per heavy atom. The van der Waals surface area contributed by atoms with E-state index in [9.17, 15) is 9.90 Å². The lowest BCUT2D eigenvalue weighted by atomic mass is 10.0. The molecule has 2 aromatic heterocycles. The lowest BCUT2D eigenvalue weighted by molar-refractivity contribution is 0.118. The summed E-state index contributed by atoms with van der Waals surface area (Å²) in [7, 11) is 3.18. The molecule has 8 nitrogen and oxygen atoms in total. The van der Waals surface area contributed by atoms with Gasteiger partial charge in [0.05, 0.1) is 32.1 Å². The first-order chi connectivity index (χ1) is 17.4. The minimum absolute atomic E-state index is 0.216. The molecule has 2 N–H and O–H groups in total. The van der Waals surface area contributed by atoms with Crippen LogP contribution in [0, 0.1) is 0 Å². The number of rotatable bonds is 11. The molecule has 0 aliphatic rings. The summed E-state index contributed by atoms with van der Waals surface area (Å²) in [6.45, 7) is 3.74. The molecule has 190 valence electrons. The van der Waals surface area contributed by atoms with Crippen molar-refractivity contribution < 1.29 is 14.6 Å². The third kappa shape index (κ3) is 5.44. The molecule has 0 saturated carbocycles. The van der Waals surface area contributed by atoms with Crippen LogP contribution in [-0.2, 0) is 19.3 Å². The van der Waals surface area contributed by atoms with Gasteiger partial charge in [0, 0.05) is 6.42 Å². The largest absolute Gasteiger partial charge is 0.493 e. The highest BCUT2D eigenvalue weighted by Gasteiger charge is 2.24. The van der Waals surface area contributed by atoms with E-state index in [0.717, 1.165) is 18.4 Å². The number of nitrogens with zero attached hydrogens (tertiary/aromatic N) is 3. The van der Waals surface area contributed by atoms with Crippen molar-refractivity contribution in [2.45, 2.75) is 58.1 Å². The van der Waals surface area contributed by atoms with Crippen molar-refractivity contribution in [3.8, 4) is 11.5 Å². The van der Waals surface area contributed by atoms with Crippen molar-refractivity contribution in [3.05, 3.63) is 81.5 Å². The molecule has 0 bridgehead atoms. The summed E-state index contributed by atoms with van der Waals surface area (Å²) in [5, 5.41) is 15.9. The number of methoxy groups -OCH3 is 2. The fourth-order valence-electron chi connectivity index (χ4n) is 4.63. The predicted octanol–water partition coefficient (Wildman–Crippen LogP) is 4.23. The second-order valence-corrected chi connectivity index (χ2v) is 9.01. The van der Waals surface area contributed by atoms with E-state index < -0.39 is 6.10 Å². The Morgan fingerprint density at radius 1 is 1.06 bits per heavy atom. The number of ether oxygens (including phenoxy) is 2. The molecule has 2 atom stereocenters. The summed E-state index contributed by atoms with van der Waals surface area (Å²) < 4.78 is 12.5. The molecule has 0 aliphatic heterocycles. The highest BCUT2D eigenvalue weighted by atomic mass is 16.5. The maximum absolute atomic E-state index is 13.1. The molecular weight excluding hydrogens is 456 g/mol. The van der Waals surface area contributed by atoms with Crippen LogP contribution in [0.4, 0.5) is 0 Å². The van der Waals surface area contributed by atoms with Crippen LogP contribution in [0.2, 0.25) is 0 Å². The molecule has 2 heterocycles. The van der Waals surface area contributed by atoms with Crippen molar-refractivity contribution in [2.24, 2.45) is 0 Å². The van der Waals surface area contributed by atoms with E-state index in [1.54, 1.807) is 25.8 Å². The van der Waals surface area contributed by atoms with Crippen molar-refractivity contribution in [2.75, 3.05) is 14.2 Å². The molecular formula is C28H34N4O4. The molecule has 0 amide bonds. The Balaban J connectivity index is 1.67. The van der Waals surface area contributed by atoms with Crippen LogP contribution in [0.1, 0.15) is 55.4 Å². The molecule has 0 aliphatic carbocycles. The number of aryl methyl sites for hydroxylation is 2. The zero-order chi connectivity index (χ0) is 25.7. The summed E-state index contributed by atoms with van der Waals surface area (Å²) in [4.78, 5) is 20.9. The third-order valence-electron chi connectivity index (χ3n) is 6.52. The van der Waals surface area contributed by atoms with Gasteiger partial charge in [-0.2, -0.15) is 5.10 Å². The Kier molecular flexibility index (Phi) is 8.05. The van der Waals surface area contributed by atoms with E-state index in [-0.39, 0.29) is 11.6 Å². The van der Waals surface area contributed by atoms with Gasteiger partial charge in [-0.1, -0.05) is 43.3 Å². The highest BCUT2D eigenvalue weighted by Crippen LogP contribution is 2.29. The van der Waals surface area contributed by atoms with Crippen LogP contribution in [0.15, 0.2) is 53.3 Å². The molecule has 2 aromatic carbocycles. The Morgan fingerprint density at radius 3 is 2.47 bits per heavy atom. The summed E-state index contributed by atoms with van der Waals surface area (Å²) in [6.07, 6.45) is 2.85. The number of aromatic nitrogens is 4. The lowest BCUT2D eigenvalue weighted by Crippen LogP contribution is -2.24. The number of H-pyrrole nitrogens is 1. The Bertz CT molecular complexity index is 1360. The monoisotopic (exact) mass is 490 g/mol. The van der Waals surface area contributed by atoms with E-state index in [4.69, 9.17) is 19.6 Å². The molecule has 2 unspecified atom stereocenters. The van der Waals surface area contributed by atoms with E-state index in [1.165, 1.54) is 5.56 Å². The molecule has 8 heteroatoms. The molecule has 36 heavy (non-hydrogen) atoms. The fraction of sp³-hybridized carbons (Fsp3) is 0.393. The first kappa shape index (κ1) is 25.4. The summed E-state index contributed by atoms with van der Waals surface area (Å²) >= 11 is 0. The summed E-state index contributed by atoms with van der Waals surface area (Å²) in [5.41, 5.74) is 3.16. The molecule has 0 spiro atoms. The maximum Gasteiger partial charge on any atom is 0.262 e. The standard InChI is InChI=1S/C28H34N4O4/c1-5-21-26-27(32(31-21)22(18(2)33)13-9-12-19-10-7-6-8-11-19)29-25(30-28(26)34)17-20-14-15-23(35-3)24(16-20)36-4/h6-8,10-11,14-16,18,22,33H,5,9,12-13,17H2,1-4H3,(H,29,30,34). The van der Waals surface area contributed by atoms with Gasteiger partial charge in [0.2, 0.25) is 0 Å². The number of aliphatic hydroxyl groups excluding tert-OH is 1. The van der Waals surface area contributed by atoms with Crippen molar-refractivity contribution in [3.63, 3.8) is 0 Å². The van der Waals surface area contributed by atoms with Crippen molar-refractivity contribution in [1.29, 1.82) is 0 Å². The molecule has 0 radical (unpaired) electrons. The van der Waals surface area contributed by atoms with Crippen LogP contribution in [-0.4, -0.2) is 45.2 Å². The second-order valence-electron chi connectivity index (χ2n) is 9.01. The van der Waals surface area contributed by atoms with Gasteiger partial charge in [0.25, 0.3) is 5.56 Å². The second kappa shape index (κ2) is 11.4.